The minimum absolute atomic E-state index is 0.809. The monoisotopic (exact) mass is 271 g/mol. The molecule has 0 amide bonds. The van der Waals surface area contributed by atoms with Gasteiger partial charge in [0.05, 0.1) is 0 Å². The highest BCUT2D eigenvalue weighted by Gasteiger charge is 2.15. The molecule has 0 unspecified atom stereocenters. The molecule has 2 heterocycles. The number of rotatable bonds is 2. The van der Waals surface area contributed by atoms with Crippen LogP contribution in [0.3, 0.4) is 0 Å². The van der Waals surface area contributed by atoms with Crippen molar-refractivity contribution < 1.29 is 0 Å². The van der Waals surface area contributed by atoms with Crippen LogP contribution in [0.15, 0.2) is 18.2 Å². The van der Waals surface area contributed by atoms with Crippen molar-refractivity contribution in [3.05, 3.63) is 29.3 Å². The third-order valence-corrected chi connectivity index (χ3v) is 3.73. The first-order valence-electron chi connectivity index (χ1n) is 7.20. The van der Waals surface area contributed by atoms with Gasteiger partial charge in [0.15, 0.2) is 5.82 Å². The first-order valence-corrected chi connectivity index (χ1v) is 7.20. The Labute approximate surface area is 119 Å². The van der Waals surface area contributed by atoms with Gasteiger partial charge in [0.1, 0.15) is 0 Å². The van der Waals surface area contributed by atoms with Crippen LogP contribution >= 0.6 is 0 Å². The minimum Gasteiger partial charge on any atom is -0.338 e. The summed E-state index contributed by atoms with van der Waals surface area (Å²) in [5, 5.41) is 10.9. The molecule has 1 aliphatic rings. The molecule has 0 radical (unpaired) electrons. The van der Waals surface area contributed by atoms with Crippen LogP contribution in [0.25, 0.3) is 11.4 Å². The average Bonchev–Trinajstić information content (AvgIpc) is 2.74. The quantitative estimate of drug-likeness (QED) is 0.876. The van der Waals surface area contributed by atoms with E-state index in [1.807, 2.05) is 0 Å². The van der Waals surface area contributed by atoms with E-state index in [2.05, 4.69) is 57.4 Å². The molecule has 1 saturated heterocycles. The highest BCUT2D eigenvalue weighted by molar-refractivity contribution is 5.61. The largest absolute Gasteiger partial charge is 0.338 e. The average molecular weight is 271 g/mol. The van der Waals surface area contributed by atoms with Crippen LogP contribution in [-0.2, 0) is 0 Å². The number of hydrogen-bond acceptors (Lipinski definition) is 4. The zero-order valence-corrected chi connectivity index (χ0v) is 12.1. The molecule has 2 N–H and O–H groups in total. The van der Waals surface area contributed by atoms with E-state index in [0.717, 1.165) is 49.9 Å². The predicted octanol–water partition coefficient (Wildman–Crippen LogP) is 1.89. The Balaban J connectivity index is 1.85. The molecule has 0 aliphatic carbocycles. The Hall–Kier alpha value is -1.88. The number of aromatic amines is 1. The molecule has 0 atom stereocenters. The van der Waals surface area contributed by atoms with Gasteiger partial charge in [-0.05, 0) is 32.4 Å². The van der Waals surface area contributed by atoms with E-state index in [0.29, 0.717) is 0 Å². The van der Waals surface area contributed by atoms with E-state index in [9.17, 15) is 0 Å². The number of nitrogens with zero attached hydrogens (tertiary/aromatic N) is 3. The molecule has 0 saturated carbocycles. The van der Waals surface area contributed by atoms with E-state index >= 15 is 0 Å². The molecule has 1 aromatic heterocycles. The lowest BCUT2D eigenvalue weighted by atomic mass is 10.1. The molecule has 20 heavy (non-hydrogen) atoms. The Bertz CT molecular complexity index is 582. The molecule has 1 fully saturated rings. The molecule has 2 aromatic rings. The summed E-state index contributed by atoms with van der Waals surface area (Å²) in [7, 11) is 0. The van der Waals surface area contributed by atoms with Crippen molar-refractivity contribution in [2.45, 2.75) is 20.3 Å². The standard InChI is InChI=1S/C15H21N5/c1-11-4-5-13(12(2)10-11)14-17-15(19-18-14)20-8-3-6-16-7-9-20/h4-5,10,16H,3,6-9H2,1-2H3,(H,17,18,19). The number of hydrogen-bond donors (Lipinski definition) is 2. The molecular formula is C15H21N5. The van der Waals surface area contributed by atoms with E-state index in [4.69, 9.17) is 0 Å². The number of benzene rings is 1. The zero-order chi connectivity index (χ0) is 13.9. The fourth-order valence-corrected chi connectivity index (χ4v) is 2.64. The molecule has 0 spiro atoms. The van der Waals surface area contributed by atoms with Gasteiger partial charge >= 0.3 is 0 Å². The first kappa shape index (κ1) is 13.1. The van der Waals surface area contributed by atoms with Crippen molar-refractivity contribution in [2.75, 3.05) is 31.1 Å². The summed E-state index contributed by atoms with van der Waals surface area (Å²) >= 11 is 0. The predicted molar refractivity (Wildman–Crippen MR) is 81.0 cm³/mol. The third kappa shape index (κ3) is 2.67. The van der Waals surface area contributed by atoms with Crippen LogP contribution in [0.2, 0.25) is 0 Å². The van der Waals surface area contributed by atoms with E-state index in [1.54, 1.807) is 0 Å². The van der Waals surface area contributed by atoms with Gasteiger partial charge in [0.25, 0.3) is 0 Å². The van der Waals surface area contributed by atoms with Crippen molar-refractivity contribution in [1.82, 2.24) is 20.5 Å². The van der Waals surface area contributed by atoms with Gasteiger partial charge in [0, 0.05) is 25.2 Å². The van der Waals surface area contributed by atoms with Crippen LogP contribution in [-0.4, -0.2) is 41.4 Å². The number of H-pyrrole nitrogens is 1. The molecule has 3 rings (SSSR count). The second-order valence-corrected chi connectivity index (χ2v) is 5.39. The summed E-state index contributed by atoms with van der Waals surface area (Å²) in [4.78, 5) is 6.91. The molecule has 5 nitrogen and oxygen atoms in total. The Morgan fingerprint density at radius 2 is 2.05 bits per heavy atom. The fraction of sp³-hybridized carbons (Fsp3) is 0.467. The molecule has 0 bridgehead atoms. The maximum atomic E-state index is 4.67. The number of anilines is 1. The van der Waals surface area contributed by atoms with Crippen molar-refractivity contribution >= 4 is 5.95 Å². The highest BCUT2D eigenvalue weighted by Crippen LogP contribution is 2.22. The summed E-state index contributed by atoms with van der Waals surface area (Å²) in [6, 6.07) is 6.40. The minimum atomic E-state index is 0.809. The number of nitrogens with one attached hydrogen (secondary N) is 2. The maximum Gasteiger partial charge on any atom is 0.245 e. The summed E-state index contributed by atoms with van der Waals surface area (Å²) in [6.45, 7) is 8.26. The van der Waals surface area contributed by atoms with Crippen molar-refractivity contribution in [2.24, 2.45) is 0 Å². The van der Waals surface area contributed by atoms with Gasteiger partial charge in [-0.2, -0.15) is 4.98 Å². The van der Waals surface area contributed by atoms with Gasteiger partial charge in [-0.1, -0.05) is 23.8 Å². The lowest BCUT2D eigenvalue weighted by Crippen LogP contribution is -2.28. The smallest absolute Gasteiger partial charge is 0.245 e. The summed E-state index contributed by atoms with van der Waals surface area (Å²) in [6.07, 6.45) is 1.13. The third-order valence-electron chi connectivity index (χ3n) is 3.73. The first-order chi connectivity index (χ1) is 9.74. The topological polar surface area (TPSA) is 56.8 Å². The van der Waals surface area contributed by atoms with Crippen LogP contribution in [0.1, 0.15) is 17.5 Å². The number of aromatic nitrogens is 3. The van der Waals surface area contributed by atoms with Gasteiger partial charge in [-0.3, -0.25) is 5.10 Å². The molecule has 5 heteroatoms. The summed E-state index contributed by atoms with van der Waals surface area (Å²) in [5.41, 5.74) is 3.62. The lowest BCUT2D eigenvalue weighted by Gasteiger charge is -2.16. The Morgan fingerprint density at radius 1 is 1.15 bits per heavy atom. The molecule has 1 aromatic carbocycles. The van der Waals surface area contributed by atoms with Crippen LogP contribution in [0, 0.1) is 13.8 Å². The maximum absolute atomic E-state index is 4.67. The number of aryl methyl sites for hydroxylation is 2. The fourth-order valence-electron chi connectivity index (χ4n) is 2.64. The summed E-state index contributed by atoms with van der Waals surface area (Å²) < 4.78 is 0. The molecule has 1 aliphatic heterocycles. The van der Waals surface area contributed by atoms with Crippen molar-refractivity contribution in [3.63, 3.8) is 0 Å². The normalized spacial score (nSPS) is 16.2. The molecule has 106 valence electrons. The van der Waals surface area contributed by atoms with E-state index in [1.165, 1.54) is 11.1 Å². The summed E-state index contributed by atoms with van der Waals surface area (Å²) in [5.74, 6) is 1.67. The SMILES string of the molecule is Cc1ccc(-c2nc(N3CCCNCC3)n[nH]2)c(C)c1. The van der Waals surface area contributed by atoms with E-state index < -0.39 is 0 Å². The Morgan fingerprint density at radius 3 is 2.90 bits per heavy atom. The van der Waals surface area contributed by atoms with Crippen LogP contribution in [0.5, 0.6) is 0 Å². The zero-order valence-electron chi connectivity index (χ0n) is 12.1. The van der Waals surface area contributed by atoms with Crippen LogP contribution in [0.4, 0.5) is 5.95 Å². The van der Waals surface area contributed by atoms with Crippen molar-refractivity contribution in [1.29, 1.82) is 0 Å². The second kappa shape index (κ2) is 5.63. The van der Waals surface area contributed by atoms with Gasteiger partial charge in [-0.15, -0.1) is 5.10 Å². The van der Waals surface area contributed by atoms with Gasteiger partial charge in [0.2, 0.25) is 5.95 Å². The van der Waals surface area contributed by atoms with Gasteiger partial charge in [-0.25, -0.2) is 0 Å². The van der Waals surface area contributed by atoms with Crippen molar-refractivity contribution in [3.8, 4) is 11.4 Å². The lowest BCUT2D eigenvalue weighted by molar-refractivity contribution is 0.724. The highest BCUT2D eigenvalue weighted by atomic mass is 15.4. The van der Waals surface area contributed by atoms with Crippen LogP contribution < -0.4 is 10.2 Å². The van der Waals surface area contributed by atoms with Gasteiger partial charge < -0.3 is 10.2 Å². The second-order valence-electron chi connectivity index (χ2n) is 5.39. The Kier molecular flexibility index (Phi) is 3.69. The molecular weight excluding hydrogens is 250 g/mol. The van der Waals surface area contributed by atoms with E-state index in [-0.39, 0.29) is 0 Å².